The van der Waals surface area contributed by atoms with Crippen molar-refractivity contribution < 1.29 is 22.3 Å². The van der Waals surface area contributed by atoms with Crippen molar-refractivity contribution in [2.24, 2.45) is 5.73 Å². The Kier molecular flexibility index (Phi) is 9.28. The highest BCUT2D eigenvalue weighted by molar-refractivity contribution is 7.98. The number of anilines is 1. The van der Waals surface area contributed by atoms with Crippen LogP contribution in [-0.4, -0.2) is 63.0 Å². The summed E-state index contributed by atoms with van der Waals surface area (Å²) >= 11 is 1.57. The fourth-order valence-corrected chi connectivity index (χ4v) is 4.30. The Labute approximate surface area is 163 Å². The van der Waals surface area contributed by atoms with E-state index in [9.17, 15) is 17.6 Å². The number of hydrogen-bond acceptors (Lipinski definition) is 6. The number of morpholine rings is 1. The molecule has 1 aliphatic heterocycles. The average molecular weight is 428 g/mol. The Morgan fingerprint density at radius 1 is 1.42 bits per heavy atom. The molecule has 1 amide bonds. The lowest BCUT2D eigenvalue weighted by Crippen LogP contribution is -2.41. The van der Waals surface area contributed by atoms with E-state index in [1.54, 1.807) is 11.8 Å². The van der Waals surface area contributed by atoms with E-state index in [-0.39, 0.29) is 44.4 Å². The number of nitrogens with two attached hydrogens (primary N) is 1. The number of sulfonamides is 1. The van der Waals surface area contributed by atoms with E-state index in [2.05, 4.69) is 5.32 Å². The predicted molar refractivity (Wildman–Crippen MR) is 103 cm³/mol. The lowest BCUT2D eigenvalue weighted by molar-refractivity contribution is -0.117. The predicted octanol–water partition coefficient (Wildman–Crippen LogP) is 1.29. The Hall–Kier alpha value is -0.910. The van der Waals surface area contributed by atoms with Gasteiger partial charge in [-0.3, -0.25) is 4.79 Å². The molecule has 0 unspecified atom stereocenters. The van der Waals surface area contributed by atoms with Crippen LogP contribution in [0.25, 0.3) is 0 Å². The third kappa shape index (κ3) is 5.80. The maximum absolute atomic E-state index is 14.1. The summed E-state index contributed by atoms with van der Waals surface area (Å²) in [7, 11) is -3.99. The number of nitrogens with one attached hydrogen (secondary N) is 1. The van der Waals surface area contributed by atoms with E-state index in [0.29, 0.717) is 6.42 Å². The van der Waals surface area contributed by atoms with Gasteiger partial charge in [-0.25, -0.2) is 12.8 Å². The van der Waals surface area contributed by atoms with Crippen LogP contribution in [0.5, 0.6) is 0 Å². The van der Waals surface area contributed by atoms with Crippen LogP contribution >= 0.6 is 24.2 Å². The molecule has 7 nitrogen and oxygen atoms in total. The maximum Gasteiger partial charge on any atom is 0.246 e. The molecule has 0 radical (unpaired) electrons. The average Bonchev–Trinajstić information content (AvgIpc) is 2.61. The van der Waals surface area contributed by atoms with Gasteiger partial charge in [0, 0.05) is 18.8 Å². The summed E-state index contributed by atoms with van der Waals surface area (Å²) < 4.78 is 45.6. The zero-order valence-electron chi connectivity index (χ0n) is 14.3. The van der Waals surface area contributed by atoms with Gasteiger partial charge >= 0.3 is 0 Å². The van der Waals surface area contributed by atoms with Crippen molar-refractivity contribution in [3.8, 4) is 0 Å². The molecule has 11 heteroatoms. The molecule has 26 heavy (non-hydrogen) atoms. The summed E-state index contributed by atoms with van der Waals surface area (Å²) in [6.45, 7) is 0.860. The topological polar surface area (TPSA) is 102 Å². The molecule has 1 aliphatic rings. The Bertz CT molecular complexity index is 715. The first-order chi connectivity index (χ1) is 11.9. The molecule has 1 aromatic rings. The number of ether oxygens (including phenoxy) is 1. The number of carbonyl (C=O) groups is 1. The van der Waals surface area contributed by atoms with E-state index in [1.165, 1.54) is 10.4 Å². The second-order valence-corrected chi connectivity index (χ2v) is 8.43. The normalized spacial score (nSPS) is 16.6. The van der Waals surface area contributed by atoms with Gasteiger partial charge in [-0.15, -0.1) is 12.4 Å². The van der Waals surface area contributed by atoms with Gasteiger partial charge in [0.2, 0.25) is 15.9 Å². The van der Waals surface area contributed by atoms with Gasteiger partial charge in [-0.1, -0.05) is 0 Å². The number of thioether (sulfide) groups is 1. The fourth-order valence-electron chi connectivity index (χ4n) is 2.32. The van der Waals surface area contributed by atoms with Crippen molar-refractivity contribution in [3.63, 3.8) is 0 Å². The van der Waals surface area contributed by atoms with Crippen LogP contribution in [0.1, 0.15) is 6.42 Å². The van der Waals surface area contributed by atoms with E-state index in [0.717, 1.165) is 17.9 Å². The summed E-state index contributed by atoms with van der Waals surface area (Å²) in [5, 5.41) is 2.55. The van der Waals surface area contributed by atoms with Crippen LogP contribution < -0.4 is 11.1 Å². The molecule has 0 aliphatic carbocycles. The standard InChI is InChI=1S/C15H22FN3O4S2.ClH/c1-24-9-4-13(17)15(20)18-11-2-3-12(16)14(10-11)25(21,22)19-5-7-23-8-6-19;/h2-3,10,13H,4-9,17H2,1H3,(H,18,20);1H/t13-;/m0./s1. The molecular formula is C15H23ClFN3O4S2. The minimum atomic E-state index is -3.99. The van der Waals surface area contributed by atoms with Gasteiger partial charge in [-0.05, 0) is 36.6 Å². The van der Waals surface area contributed by atoms with Gasteiger partial charge < -0.3 is 15.8 Å². The molecule has 1 aromatic carbocycles. The van der Waals surface area contributed by atoms with Crippen molar-refractivity contribution in [2.45, 2.75) is 17.4 Å². The minimum absolute atomic E-state index is 0. The summed E-state index contributed by atoms with van der Waals surface area (Å²) in [5.41, 5.74) is 5.97. The number of benzene rings is 1. The van der Waals surface area contributed by atoms with Crippen LogP contribution in [0.15, 0.2) is 23.1 Å². The monoisotopic (exact) mass is 427 g/mol. The second-order valence-electron chi connectivity index (χ2n) is 5.54. The highest BCUT2D eigenvalue weighted by Crippen LogP contribution is 2.24. The number of carbonyl (C=O) groups excluding carboxylic acids is 1. The van der Waals surface area contributed by atoms with Crippen LogP contribution in [0.4, 0.5) is 10.1 Å². The summed E-state index contributed by atoms with van der Waals surface area (Å²) in [5.74, 6) is -0.569. The third-order valence-corrected chi connectivity index (χ3v) is 6.31. The van der Waals surface area contributed by atoms with Gasteiger partial charge in [0.1, 0.15) is 10.7 Å². The second kappa shape index (κ2) is 10.4. The Balaban J connectivity index is 0.00000338. The fraction of sp³-hybridized carbons (Fsp3) is 0.533. The SMILES string of the molecule is CSCC[C@H](N)C(=O)Nc1ccc(F)c(S(=O)(=O)N2CCOCC2)c1.Cl. The number of nitrogens with zero attached hydrogens (tertiary/aromatic N) is 1. The lowest BCUT2D eigenvalue weighted by Gasteiger charge is -2.26. The Morgan fingerprint density at radius 3 is 2.69 bits per heavy atom. The van der Waals surface area contributed by atoms with Crippen molar-refractivity contribution in [1.29, 1.82) is 0 Å². The van der Waals surface area contributed by atoms with Gasteiger partial charge in [0.25, 0.3) is 0 Å². The molecule has 0 bridgehead atoms. The maximum atomic E-state index is 14.1. The molecule has 3 N–H and O–H groups in total. The van der Waals surface area contributed by atoms with Gasteiger partial charge in [0.15, 0.2) is 0 Å². The van der Waals surface area contributed by atoms with Gasteiger partial charge in [0.05, 0.1) is 19.3 Å². The number of hydrogen-bond donors (Lipinski definition) is 2. The smallest absolute Gasteiger partial charge is 0.246 e. The zero-order valence-corrected chi connectivity index (χ0v) is 16.8. The van der Waals surface area contributed by atoms with E-state index >= 15 is 0 Å². The molecule has 1 saturated heterocycles. The van der Waals surface area contributed by atoms with Crippen LogP contribution in [-0.2, 0) is 19.6 Å². The van der Waals surface area contributed by atoms with Gasteiger partial charge in [-0.2, -0.15) is 16.1 Å². The molecule has 0 aromatic heterocycles. The molecule has 1 atom stereocenters. The zero-order chi connectivity index (χ0) is 18.4. The first-order valence-corrected chi connectivity index (χ1v) is 10.6. The summed E-state index contributed by atoms with van der Waals surface area (Å²) in [6.07, 6.45) is 2.40. The van der Waals surface area contributed by atoms with Crippen molar-refractivity contribution >= 4 is 45.8 Å². The van der Waals surface area contributed by atoms with Crippen molar-refractivity contribution in [1.82, 2.24) is 4.31 Å². The van der Waals surface area contributed by atoms with Crippen LogP contribution in [0.2, 0.25) is 0 Å². The highest BCUT2D eigenvalue weighted by atomic mass is 35.5. The number of halogens is 2. The van der Waals surface area contributed by atoms with E-state index in [4.69, 9.17) is 10.5 Å². The molecule has 0 saturated carbocycles. The Morgan fingerprint density at radius 2 is 2.08 bits per heavy atom. The highest BCUT2D eigenvalue weighted by Gasteiger charge is 2.29. The first kappa shape index (κ1) is 23.1. The third-order valence-electron chi connectivity index (χ3n) is 3.76. The van der Waals surface area contributed by atoms with E-state index in [1.807, 2.05) is 6.26 Å². The lowest BCUT2D eigenvalue weighted by atomic mass is 10.2. The molecule has 148 valence electrons. The first-order valence-electron chi connectivity index (χ1n) is 7.79. The molecule has 1 heterocycles. The van der Waals surface area contributed by atoms with Crippen LogP contribution in [0, 0.1) is 5.82 Å². The quantitative estimate of drug-likeness (QED) is 0.679. The summed E-state index contributed by atoms with van der Waals surface area (Å²) in [6, 6.07) is 2.75. The summed E-state index contributed by atoms with van der Waals surface area (Å²) in [4.78, 5) is 11.6. The molecule has 0 spiro atoms. The number of amides is 1. The van der Waals surface area contributed by atoms with E-state index < -0.39 is 32.7 Å². The van der Waals surface area contributed by atoms with Crippen molar-refractivity contribution in [3.05, 3.63) is 24.0 Å². The minimum Gasteiger partial charge on any atom is -0.379 e. The largest absolute Gasteiger partial charge is 0.379 e. The molecule has 2 rings (SSSR count). The van der Waals surface area contributed by atoms with Crippen molar-refractivity contribution in [2.75, 3.05) is 43.6 Å². The number of rotatable bonds is 7. The molecular weight excluding hydrogens is 405 g/mol. The van der Waals surface area contributed by atoms with Crippen LogP contribution in [0.3, 0.4) is 0 Å². The molecule has 1 fully saturated rings.